The molecule has 0 aliphatic heterocycles. The van der Waals surface area contributed by atoms with E-state index in [-0.39, 0.29) is 12.4 Å². The van der Waals surface area contributed by atoms with Crippen molar-refractivity contribution in [2.24, 2.45) is 0 Å². The van der Waals surface area contributed by atoms with Crippen LogP contribution >= 0.6 is 0 Å². The van der Waals surface area contributed by atoms with Gasteiger partial charge in [0.25, 0.3) is 0 Å². The molecule has 1 aromatic heterocycles. The maximum atomic E-state index is 12.4. The van der Waals surface area contributed by atoms with Gasteiger partial charge in [-0.1, -0.05) is 12.1 Å². The second kappa shape index (κ2) is 7.47. The Morgan fingerprint density at radius 1 is 0.857 bits per heavy atom. The predicted octanol–water partition coefficient (Wildman–Crippen LogP) is 4.62. The number of benzene rings is 2. The number of esters is 1. The van der Waals surface area contributed by atoms with Gasteiger partial charge >= 0.3 is 5.97 Å². The molecule has 0 amide bonds. The van der Waals surface area contributed by atoms with Gasteiger partial charge in [-0.3, -0.25) is 4.79 Å². The summed E-state index contributed by atoms with van der Waals surface area (Å²) in [6, 6.07) is 17.1. The van der Waals surface area contributed by atoms with Gasteiger partial charge in [-0.2, -0.15) is 0 Å². The molecule has 2 aromatic carbocycles. The van der Waals surface area contributed by atoms with Crippen molar-refractivity contribution in [1.82, 2.24) is 4.57 Å². The van der Waals surface area contributed by atoms with Gasteiger partial charge in [0.1, 0.15) is 0 Å². The van der Waals surface area contributed by atoms with Crippen molar-refractivity contribution in [3.05, 3.63) is 88.2 Å². The molecule has 1 aliphatic rings. The second-order valence-electron chi connectivity index (χ2n) is 7.33. The molecule has 0 spiro atoms. The fourth-order valence-corrected chi connectivity index (χ4v) is 3.87. The molecule has 1 heterocycles. The monoisotopic (exact) mass is 373 g/mol. The van der Waals surface area contributed by atoms with Crippen molar-refractivity contribution in [3.63, 3.8) is 0 Å². The van der Waals surface area contributed by atoms with Crippen LogP contribution in [0.1, 0.15) is 49.7 Å². The first-order valence-electron chi connectivity index (χ1n) is 9.60. The molecule has 0 radical (unpaired) electrons. The van der Waals surface area contributed by atoms with E-state index >= 15 is 0 Å². The van der Waals surface area contributed by atoms with E-state index in [0.717, 1.165) is 36.3 Å². The van der Waals surface area contributed by atoms with Gasteiger partial charge < -0.3 is 9.30 Å². The lowest BCUT2D eigenvalue weighted by Crippen LogP contribution is -2.14. The van der Waals surface area contributed by atoms with Crippen LogP contribution in [-0.2, 0) is 17.6 Å². The van der Waals surface area contributed by atoms with Crippen molar-refractivity contribution >= 4 is 11.8 Å². The zero-order valence-electron chi connectivity index (χ0n) is 16.2. The van der Waals surface area contributed by atoms with E-state index in [1.165, 1.54) is 11.1 Å². The van der Waals surface area contributed by atoms with Crippen LogP contribution in [0.2, 0.25) is 0 Å². The predicted molar refractivity (Wildman–Crippen MR) is 108 cm³/mol. The molecule has 0 N–H and O–H groups in total. The molecular weight excluding hydrogens is 350 g/mol. The smallest absolute Gasteiger partial charge is 0.338 e. The van der Waals surface area contributed by atoms with Crippen LogP contribution in [0.25, 0.3) is 5.69 Å². The Hall–Kier alpha value is -3.14. The summed E-state index contributed by atoms with van der Waals surface area (Å²) in [7, 11) is 0. The van der Waals surface area contributed by atoms with Crippen molar-refractivity contribution in [2.45, 2.75) is 33.1 Å². The molecule has 28 heavy (non-hydrogen) atoms. The van der Waals surface area contributed by atoms with Gasteiger partial charge in [0.2, 0.25) is 0 Å². The molecule has 142 valence electrons. The van der Waals surface area contributed by atoms with Gasteiger partial charge in [-0.05, 0) is 86.7 Å². The summed E-state index contributed by atoms with van der Waals surface area (Å²) in [5.41, 5.74) is 6.87. The van der Waals surface area contributed by atoms with Crippen LogP contribution in [0.15, 0.2) is 54.6 Å². The Morgan fingerprint density at radius 3 is 2.21 bits per heavy atom. The maximum Gasteiger partial charge on any atom is 0.338 e. The Balaban J connectivity index is 1.40. The van der Waals surface area contributed by atoms with E-state index < -0.39 is 5.97 Å². The minimum Gasteiger partial charge on any atom is -0.454 e. The van der Waals surface area contributed by atoms with Gasteiger partial charge in [-0.25, -0.2) is 4.79 Å². The third kappa shape index (κ3) is 3.50. The molecule has 3 aromatic rings. The number of Topliss-reactive ketones (excluding diaryl/α,β-unsaturated/α-hetero) is 1. The number of carbonyl (C=O) groups excluding carboxylic acids is 2. The first-order valence-corrected chi connectivity index (χ1v) is 9.60. The highest BCUT2D eigenvalue weighted by molar-refractivity contribution is 5.99. The minimum atomic E-state index is -0.484. The van der Waals surface area contributed by atoms with Crippen LogP contribution < -0.4 is 0 Å². The molecule has 0 atom stereocenters. The number of fused-ring (bicyclic) bond motifs is 1. The number of nitrogens with zero attached hydrogens (tertiary/aromatic N) is 1. The van der Waals surface area contributed by atoms with E-state index in [1.54, 1.807) is 12.1 Å². The quantitative estimate of drug-likeness (QED) is 0.484. The van der Waals surface area contributed by atoms with Gasteiger partial charge in [0, 0.05) is 22.6 Å². The highest BCUT2D eigenvalue weighted by Crippen LogP contribution is 2.23. The fraction of sp³-hybridized carbons (Fsp3) is 0.250. The number of hydrogen-bond acceptors (Lipinski definition) is 3. The summed E-state index contributed by atoms with van der Waals surface area (Å²) < 4.78 is 7.36. The van der Waals surface area contributed by atoms with E-state index in [1.807, 2.05) is 44.2 Å². The number of hydrogen-bond donors (Lipinski definition) is 0. The van der Waals surface area contributed by atoms with E-state index in [0.29, 0.717) is 11.1 Å². The zero-order valence-corrected chi connectivity index (χ0v) is 16.2. The summed E-state index contributed by atoms with van der Waals surface area (Å²) in [5.74, 6) is -0.653. The van der Waals surface area contributed by atoms with Crippen molar-refractivity contribution < 1.29 is 14.3 Å². The Kier molecular flexibility index (Phi) is 4.86. The molecule has 4 rings (SSSR count). The van der Waals surface area contributed by atoms with Crippen molar-refractivity contribution in [2.75, 3.05) is 6.61 Å². The Bertz CT molecular complexity index is 1020. The Labute approximate surface area is 164 Å². The van der Waals surface area contributed by atoms with Crippen LogP contribution in [0.3, 0.4) is 0 Å². The first-order chi connectivity index (χ1) is 13.5. The van der Waals surface area contributed by atoms with E-state index in [9.17, 15) is 9.59 Å². The second-order valence-corrected chi connectivity index (χ2v) is 7.33. The fourth-order valence-electron chi connectivity index (χ4n) is 3.87. The highest BCUT2D eigenvalue weighted by Gasteiger charge is 2.16. The average molecular weight is 373 g/mol. The largest absolute Gasteiger partial charge is 0.454 e. The number of carbonyl (C=O) groups is 2. The van der Waals surface area contributed by atoms with Crippen molar-refractivity contribution in [3.8, 4) is 5.69 Å². The summed E-state index contributed by atoms with van der Waals surface area (Å²) >= 11 is 0. The van der Waals surface area contributed by atoms with Gasteiger partial charge in [-0.15, -0.1) is 0 Å². The molecule has 0 saturated heterocycles. The summed E-state index contributed by atoms with van der Waals surface area (Å²) in [4.78, 5) is 24.7. The molecular formula is C24H23NO3. The van der Waals surface area contributed by atoms with Crippen LogP contribution in [0.4, 0.5) is 0 Å². The average Bonchev–Trinajstić information content (AvgIpc) is 3.31. The molecule has 0 bridgehead atoms. The topological polar surface area (TPSA) is 48.3 Å². The molecule has 1 aliphatic carbocycles. The van der Waals surface area contributed by atoms with Gasteiger partial charge in [0.05, 0.1) is 5.56 Å². The summed E-state index contributed by atoms with van der Waals surface area (Å²) in [6.07, 6.45) is 3.24. The SMILES string of the molecule is Cc1ccc(C)n1-c1ccc(C(=O)OCC(=O)c2ccc3c(c2)CCC3)cc1. The zero-order chi connectivity index (χ0) is 19.7. The maximum absolute atomic E-state index is 12.4. The van der Waals surface area contributed by atoms with Crippen LogP contribution in [0, 0.1) is 13.8 Å². The number of aromatic nitrogens is 1. The normalized spacial score (nSPS) is 12.6. The summed E-state index contributed by atoms with van der Waals surface area (Å²) in [6.45, 7) is 3.84. The lowest BCUT2D eigenvalue weighted by atomic mass is 10.0. The first kappa shape index (κ1) is 18.2. The Morgan fingerprint density at radius 2 is 1.50 bits per heavy atom. The van der Waals surface area contributed by atoms with E-state index in [2.05, 4.69) is 16.7 Å². The lowest BCUT2D eigenvalue weighted by molar-refractivity contribution is 0.0475. The molecule has 4 nitrogen and oxygen atoms in total. The van der Waals surface area contributed by atoms with Gasteiger partial charge in [0.15, 0.2) is 12.4 Å². The number of aryl methyl sites for hydroxylation is 4. The van der Waals surface area contributed by atoms with Crippen molar-refractivity contribution in [1.29, 1.82) is 0 Å². The third-order valence-electron chi connectivity index (χ3n) is 5.39. The molecule has 0 unspecified atom stereocenters. The van der Waals surface area contributed by atoms with Crippen LogP contribution in [-0.4, -0.2) is 22.9 Å². The molecule has 4 heteroatoms. The summed E-state index contributed by atoms with van der Waals surface area (Å²) in [5, 5.41) is 0. The molecule has 0 saturated carbocycles. The molecule has 0 fully saturated rings. The minimum absolute atomic E-state index is 0.168. The van der Waals surface area contributed by atoms with E-state index in [4.69, 9.17) is 4.74 Å². The highest BCUT2D eigenvalue weighted by atomic mass is 16.5. The number of ketones is 1. The standard InChI is InChI=1S/C24H23NO3/c1-16-6-7-17(2)25(16)22-12-10-19(11-13-22)24(27)28-15-23(26)21-9-8-18-4-3-5-20(18)14-21/h6-14H,3-5,15H2,1-2H3. The van der Waals surface area contributed by atoms with Crippen LogP contribution in [0.5, 0.6) is 0 Å². The lowest BCUT2D eigenvalue weighted by Gasteiger charge is -2.10. The number of rotatable bonds is 5. The third-order valence-corrected chi connectivity index (χ3v) is 5.39. The number of ether oxygens (including phenoxy) is 1.